The monoisotopic (exact) mass is 445 g/mol. The average Bonchev–Trinajstić information content (AvgIpc) is 2.61. The molecule has 0 saturated heterocycles. The number of carboxylic acid groups (broad SMARTS) is 1. The smallest absolute Gasteiger partial charge is 0.408 e. The highest BCUT2D eigenvalue weighted by atomic mass is 28.4. The van der Waals surface area contributed by atoms with Crippen LogP contribution in [0.3, 0.4) is 0 Å². The molecule has 0 radical (unpaired) electrons. The Hall–Kier alpha value is -2.38. The van der Waals surface area contributed by atoms with Crippen molar-refractivity contribution >= 4 is 31.2 Å². The highest BCUT2D eigenvalue weighted by Crippen LogP contribution is 2.41. The fraction of sp³-hybridized carbons (Fsp3) is 0.500. The topological polar surface area (TPSA) is 84.9 Å². The van der Waals surface area contributed by atoms with Gasteiger partial charge in [0, 0.05) is 0 Å². The van der Waals surface area contributed by atoms with Gasteiger partial charge in [0.15, 0.2) is 14.4 Å². The number of carbonyl (C=O) groups is 2. The second-order valence-electron chi connectivity index (χ2n) is 10.3. The maximum absolute atomic E-state index is 12.5. The van der Waals surface area contributed by atoms with E-state index in [1.807, 2.05) is 42.5 Å². The zero-order valence-corrected chi connectivity index (χ0v) is 20.8. The second kappa shape index (κ2) is 9.00. The lowest BCUT2D eigenvalue weighted by Gasteiger charge is -2.41. The SMILES string of the molecule is CC(C)(C)OC(=O)N[C@@H](C(=O)O)[C@H](O[Si](C)(C)C(C)(C)C)c1cccc2ccccc12. The largest absolute Gasteiger partial charge is 0.480 e. The molecule has 2 rings (SSSR count). The second-order valence-corrected chi connectivity index (χ2v) is 15.1. The number of alkyl carbamates (subject to hydrolysis) is 1. The van der Waals surface area contributed by atoms with Crippen LogP contribution in [0.1, 0.15) is 53.2 Å². The molecule has 0 spiro atoms. The zero-order chi connectivity index (χ0) is 23.6. The number of hydrogen-bond acceptors (Lipinski definition) is 4. The van der Waals surface area contributed by atoms with Gasteiger partial charge in [-0.25, -0.2) is 9.59 Å². The lowest BCUT2D eigenvalue weighted by atomic mass is 9.96. The Kier molecular flexibility index (Phi) is 7.23. The minimum absolute atomic E-state index is 0.148. The van der Waals surface area contributed by atoms with Crippen LogP contribution in [0.4, 0.5) is 4.79 Å². The van der Waals surface area contributed by atoms with E-state index in [0.717, 1.165) is 16.3 Å². The van der Waals surface area contributed by atoms with Crippen molar-refractivity contribution in [3.05, 3.63) is 48.0 Å². The Balaban J connectivity index is 2.59. The Bertz CT molecular complexity index is 938. The number of benzene rings is 2. The fourth-order valence-corrected chi connectivity index (χ4v) is 4.26. The summed E-state index contributed by atoms with van der Waals surface area (Å²) in [7, 11) is -2.40. The number of fused-ring (bicyclic) bond motifs is 1. The number of ether oxygens (including phenoxy) is 1. The third kappa shape index (κ3) is 6.30. The highest BCUT2D eigenvalue weighted by molar-refractivity contribution is 6.74. The van der Waals surface area contributed by atoms with E-state index in [9.17, 15) is 14.7 Å². The molecule has 0 aliphatic heterocycles. The van der Waals surface area contributed by atoms with Gasteiger partial charge in [-0.2, -0.15) is 0 Å². The predicted molar refractivity (Wildman–Crippen MR) is 126 cm³/mol. The number of nitrogens with one attached hydrogen (secondary N) is 1. The molecule has 0 unspecified atom stereocenters. The van der Waals surface area contributed by atoms with Crippen molar-refractivity contribution in [1.29, 1.82) is 0 Å². The molecule has 2 N–H and O–H groups in total. The van der Waals surface area contributed by atoms with E-state index >= 15 is 0 Å². The van der Waals surface area contributed by atoms with Crippen LogP contribution in [0.15, 0.2) is 42.5 Å². The van der Waals surface area contributed by atoms with Crippen LogP contribution in [-0.2, 0) is 14.0 Å². The fourth-order valence-electron chi connectivity index (χ4n) is 3.01. The van der Waals surface area contributed by atoms with Gasteiger partial charge >= 0.3 is 12.1 Å². The minimum Gasteiger partial charge on any atom is -0.480 e. The van der Waals surface area contributed by atoms with Gasteiger partial charge in [0.2, 0.25) is 0 Å². The standard InChI is InChI=1S/C24H35NO5Si/c1-23(2,3)29-22(28)25-19(21(26)27)20(30-31(7,8)24(4,5)6)18-15-11-13-16-12-9-10-14-17(16)18/h9-15,19-20H,1-8H3,(H,25,28)(H,26,27)/t19-,20-/m1/s1. The van der Waals surface area contributed by atoms with Crippen LogP contribution < -0.4 is 5.32 Å². The van der Waals surface area contributed by atoms with E-state index in [4.69, 9.17) is 9.16 Å². The number of rotatable bonds is 6. The maximum Gasteiger partial charge on any atom is 0.408 e. The Morgan fingerprint density at radius 2 is 1.55 bits per heavy atom. The van der Waals surface area contributed by atoms with Crippen LogP contribution in [-0.4, -0.2) is 37.1 Å². The summed E-state index contributed by atoms with van der Waals surface area (Å²) in [6, 6.07) is 12.2. The maximum atomic E-state index is 12.5. The van der Waals surface area contributed by atoms with Crippen LogP contribution in [0.25, 0.3) is 10.8 Å². The number of amides is 1. The number of carbonyl (C=O) groups excluding carboxylic acids is 1. The lowest BCUT2D eigenvalue weighted by molar-refractivity contribution is -0.142. The molecule has 2 atom stereocenters. The summed E-state index contributed by atoms with van der Waals surface area (Å²) in [5.41, 5.74) is -0.0195. The molecule has 31 heavy (non-hydrogen) atoms. The molecule has 7 heteroatoms. The summed E-state index contributed by atoms with van der Waals surface area (Å²) < 4.78 is 12.0. The van der Waals surface area contributed by atoms with Gasteiger partial charge in [-0.3, -0.25) is 0 Å². The van der Waals surface area contributed by atoms with Gasteiger partial charge in [0.25, 0.3) is 0 Å². The van der Waals surface area contributed by atoms with Crippen molar-refractivity contribution < 1.29 is 23.9 Å². The number of carboxylic acids is 1. The third-order valence-corrected chi connectivity index (χ3v) is 10.1. The normalized spacial score (nSPS) is 14.7. The first kappa shape index (κ1) is 24.9. The summed E-state index contributed by atoms with van der Waals surface area (Å²) in [4.78, 5) is 24.8. The van der Waals surface area contributed by atoms with Gasteiger partial charge in [-0.15, -0.1) is 0 Å². The van der Waals surface area contributed by atoms with Crippen molar-refractivity contribution in [2.24, 2.45) is 0 Å². The van der Waals surface area contributed by atoms with Crippen LogP contribution in [0.2, 0.25) is 18.1 Å². The highest BCUT2D eigenvalue weighted by Gasteiger charge is 2.44. The summed E-state index contributed by atoms with van der Waals surface area (Å²) in [6.07, 6.45) is -1.67. The van der Waals surface area contributed by atoms with Crippen LogP contribution in [0, 0.1) is 0 Å². The Morgan fingerprint density at radius 3 is 2.10 bits per heavy atom. The Morgan fingerprint density at radius 1 is 0.968 bits per heavy atom. The summed E-state index contributed by atoms with van der Waals surface area (Å²) in [5, 5.41) is 14.4. The van der Waals surface area contributed by atoms with E-state index in [1.165, 1.54) is 0 Å². The molecule has 170 valence electrons. The first-order valence-corrected chi connectivity index (χ1v) is 13.4. The van der Waals surface area contributed by atoms with Gasteiger partial charge in [0.05, 0.1) is 0 Å². The van der Waals surface area contributed by atoms with E-state index < -0.39 is 38.1 Å². The molecule has 0 aliphatic carbocycles. The summed E-state index contributed by atoms with van der Waals surface area (Å²) in [6.45, 7) is 15.6. The molecule has 0 heterocycles. The summed E-state index contributed by atoms with van der Waals surface area (Å²) in [5.74, 6) is -1.18. The minimum atomic E-state index is -2.40. The molecular weight excluding hydrogens is 410 g/mol. The van der Waals surface area contributed by atoms with Gasteiger partial charge < -0.3 is 19.6 Å². The summed E-state index contributed by atoms with van der Waals surface area (Å²) >= 11 is 0. The van der Waals surface area contributed by atoms with E-state index in [2.05, 4.69) is 39.2 Å². The molecule has 2 aromatic carbocycles. The number of hydrogen-bond donors (Lipinski definition) is 2. The van der Waals surface area contributed by atoms with Crippen molar-refractivity contribution in [3.63, 3.8) is 0 Å². The van der Waals surface area contributed by atoms with E-state index in [0.29, 0.717) is 0 Å². The van der Waals surface area contributed by atoms with Crippen molar-refractivity contribution in [2.75, 3.05) is 0 Å². The molecule has 6 nitrogen and oxygen atoms in total. The van der Waals surface area contributed by atoms with Crippen molar-refractivity contribution in [1.82, 2.24) is 5.32 Å². The molecule has 0 bridgehead atoms. The first-order chi connectivity index (χ1) is 14.1. The van der Waals surface area contributed by atoms with Crippen LogP contribution in [0.5, 0.6) is 0 Å². The van der Waals surface area contributed by atoms with Crippen molar-refractivity contribution in [2.45, 2.75) is 77.4 Å². The van der Waals surface area contributed by atoms with Crippen LogP contribution >= 0.6 is 0 Å². The third-order valence-electron chi connectivity index (χ3n) is 5.60. The molecule has 2 aromatic rings. The number of aliphatic carboxylic acids is 1. The molecule has 0 fully saturated rings. The van der Waals surface area contributed by atoms with E-state index in [-0.39, 0.29) is 5.04 Å². The molecule has 0 aliphatic rings. The molecular formula is C24H35NO5Si. The van der Waals surface area contributed by atoms with E-state index in [1.54, 1.807) is 20.8 Å². The molecule has 0 saturated carbocycles. The predicted octanol–water partition coefficient (Wildman–Crippen LogP) is 5.88. The molecule has 1 amide bonds. The van der Waals surface area contributed by atoms with Gasteiger partial charge in [-0.05, 0) is 55.2 Å². The van der Waals surface area contributed by atoms with Gasteiger partial charge in [-0.1, -0.05) is 63.2 Å². The Labute approximate surface area is 186 Å². The molecule has 0 aromatic heterocycles. The average molecular weight is 446 g/mol. The lowest BCUT2D eigenvalue weighted by Crippen LogP contribution is -2.51. The zero-order valence-electron chi connectivity index (χ0n) is 19.8. The first-order valence-electron chi connectivity index (χ1n) is 10.5. The van der Waals surface area contributed by atoms with Gasteiger partial charge in [0.1, 0.15) is 11.7 Å². The quantitative estimate of drug-likeness (QED) is 0.542. The van der Waals surface area contributed by atoms with Crippen molar-refractivity contribution in [3.8, 4) is 0 Å².